The fourth-order valence-corrected chi connectivity index (χ4v) is 2.88. The third kappa shape index (κ3) is 1.08. The number of fused-ring (bicyclic) bond motifs is 1. The molecule has 1 aliphatic carbocycles. The van der Waals surface area contributed by atoms with E-state index in [1.54, 1.807) is 0 Å². The van der Waals surface area contributed by atoms with Gasteiger partial charge >= 0.3 is 0 Å². The van der Waals surface area contributed by atoms with Crippen molar-refractivity contribution < 1.29 is 9.47 Å². The van der Waals surface area contributed by atoms with Crippen LogP contribution in [0.4, 0.5) is 0 Å². The van der Waals surface area contributed by atoms with Crippen LogP contribution in [0.2, 0.25) is 0 Å². The molecule has 2 heteroatoms. The molecule has 13 heavy (non-hydrogen) atoms. The fourth-order valence-electron chi connectivity index (χ4n) is 2.88. The number of methoxy groups -OCH3 is 1. The second kappa shape index (κ2) is 2.71. The van der Waals surface area contributed by atoms with Crippen LogP contribution in [-0.2, 0) is 9.47 Å². The maximum Gasteiger partial charge on any atom is 0.116 e. The molecule has 0 aromatic heterocycles. The Morgan fingerprint density at radius 1 is 1.54 bits per heavy atom. The van der Waals surface area contributed by atoms with E-state index in [9.17, 15) is 0 Å². The predicted molar refractivity (Wildman–Crippen MR) is 51.7 cm³/mol. The lowest BCUT2D eigenvalue weighted by molar-refractivity contribution is -0.0781. The van der Waals surface area contributed by atoms with Crippen molar-refractivity contribution in [2.24, 2.45) is 5.92 Å². The average molecular weight is 184 g/mol. The molecule has 1 heterocycles. The van der Waals surface area contributed by atoms with Gasteiger partial charge in [-0.15, -0.1) is 0 Å². The summed E-state index contributed by atoms with van der Waals surface area (Å²) in [6.07, 6.45) is 3.86. The van der Waals surface area contributed by atoms with Crippen molar-refractivity contribution >= 4 is 0 Å². The Bertz CT molecular complexity index is 216. The summed E-state index contributed by atoms with van der Waals surface area (Å²) < 4.78 is 11.5. The molecule has 0 radical (unpaired) electrons. The minimum atomic E-state index is 0.0174. The van der Waals surface area contributed by atoms with Crippen LogP contribution in [0.3, 0.4) is 0 Å². The molecule has 2 fully saturated rings. The van der Waals surface area contributed by atoms with E-state index in [4.69, 9.17) is 9.47 Å². The van der Waals surface area contributed by atoms with Crippen LogP contribution in [0, 0.1) is 5.92 Å². The quantitative estimate of drug-likeness (QED) is 0.628. The van der Waals surface area contributed by atoms with Gasteiger partial charge in [-0.2, -0.15) is 0 Å². The molecule has 1 aliphatic heterocycles. The Morgan fingerprint density at radius 2 is 2.23 bits per heavy atom. The van der Waals surface area contributed by atoms with Gasteiger partial charge in [-0.25, -0.2) is 0 Å². The summed E-state index contributed by atoms with van der Waals surface area (Å²) in [5, 5.41) is 0. The lowest BCUT2D eigenvalue weighted by atomic mass is 9.84. The summed E-state index contributed by atoms with van der Waals surface area (Å²) in [6, 6.07) is 0. The highest BCUT2D eigenvalue weighted by molar-refractivity contribution is 5.18. The molecule has 2 aliphatic rings. The smallest absolute Gasteiger partial charge is 0.116 e. The Morgan fingerprint density at radius 3 is 2.54 bits per heavy atom. The van der Waals surface area contributed by atoms with E-state index >= 15 is 0 Å². The lowest BCUT2D eigenvalue weighted by Crippen LogP contribution is -2.42. The lowest BCUT2D eigenvalue weighted by Gasteiger charge is -2.34. The van der Waals surface area contributed by atoms with E-state index in [0.717, 1.165) is 6.42 Å². The molecule has 0 N–H and O–H groups in total. The van der Waals surface area contributed by atoms with Crippen molar-refractivity contribution in [2.75, 3.05) is 7.11 Å². The first kappa shape index (κ1) is 9.47. The standard InChI is InChI=1S/C11H20O2/c1-5-8(2)11(12-4)7-6-10(3)9(11)13-10/h8-9H,5-7H2,1-4H3/t8?,9-,10-,11-/m0/s1. The molecule has 4 atom stereocenters. The van der Waals surface area contributed by atoms with Crippen molar-refractivity contribution in [3.63, 3.8) is 0 Å². The van der Waals surface area contributed by atoms with Crippen LogP contribution in [0.5, 0.6) is 0 Å². The number of hydrogen-bond donors (Lipinski definition) is 0. The van der Waals surface area contributed by atoms with E-state index in [-0.39, 0.29) is 11.2 Å². The van der Waals surface area contributed by atoms with Crippen molar-refractivity contribution in [3.8, 4) is 0 Å². The Balaban J connectivity index is 2.18. The van der Waals surface area contributed by atoms with E-state index in [1.165, 1.54) is 12.8 Å². The number of epoxide rings is 1. The molecule has 2 nitrogen and oxygen atoms in total. The summed E-state index contributed by atoms with van der Waals surface area (Å²) in [7, 11) is 1.83. The minimum absolute atomic E-state index is 0.0174. The fraction of sp³-hybridized carbons (Fsp3) is 1.00. The Hall–Kier alpha value is -0.0800. The topological polar surface area (TPSA) is 21.8 Å². The largest absolute Gasteiger partial charge is 0.375 e. The molecule has 0 amide bonds. The van der Waals surface area contributed by atoms with Crippen molar-refractivity contribution in [1.29, 1.82) is 0 Å². The molecule has 1 saturated carbocycles. The van der Waals surface area contributed by atoms with Crippen LogP contribution < -0.4 is 0 Å². The van der Waals surface area contributed by atoms with Gasteiger partial charge < -0.3 is 9.47 Å². The van der Waals surface area contributed by atoms with Crippen LogP contribution in [-0.4, -0.2) is 24.4 Å². The van der Waals surface area contributed by atoms with Gasteiger partial charge in [0.05, 0.1) is 11.2 Å². The molecular weight excluding hydrogens is 164 g/mol. The number of hydrogen-bond acceptors (Lipinski definition) is 2. The number of ether oxygens (including phenoxy) is 2. The van der Waals surface area contributed by atoms with E-state index in [0.29, 0.717) is 12.0 Å². The molecule has 2 rings (SSSR count). The molecule has 1 saturated heterocycles. The second-order valence-corrected chi connectivity index (χ2v) is 4.78. The van der Waals surface area contributed by atoms with Gasteiger partial charge in [0.25, 0.3) is 0 Å². The normalized spacial score (nSPS) is 50.3. The third-order valence-electron chi connectivity index (χ3n) is 4.17. The first-order chi connectivity index (χ1) is 6.09. The molecule has 0 aromatic carbocycles. The zero-order valence-electron chi connectivity index (χ0n) is 9.09. The Labute approximate surface area is 80.6 Å². The first-order valence-electron chi connectivity index (χ1n) is 5.32. The monoisotopic (exact) mass is 184 g/mol. The van der Waals surface area contributed by atoms with Gasteiger partial charge in [-0.1, -0.05) is 20.3 Å². The van der Waals surface area contributed by atoms with Gasteiger partial charge in [0.1, 0.15) is 6.10 Å². The van der Waals surface area contributed by atoms with E-state index in [2.05, 4.69) is 20.8 Å². The molecule has 76 valence electrons. The summed E-state index contributed by atoms with van der Waals surface area (Å²) in [5.74, 6) is 0.604. The van der Waals surface area contributed by atoms with E-state index < -0.39 is 0 Å². The van der Waals surface area contributed by atoms with Gasteiger partial charge in [0.15, 0.2) is 0 Å². The molecule has 1 unspecified atom stereocenters. The molecule has 0 spiro atoms. The zero-order valence-corrected chi connectivity index (χ0v) is 9.09. The summed E-state index contributed by atoms with van der Waals surface area (Å²) in [6.45, 7) is 6.71. The maximum absolute atomic E-state index is 5.75. The first-order valence-corrected chi connectivity index (χ1v) is 5.32. The highest BCUT2D eigenvalue weighted by Gasteiger charge is 2.69. The number of rotatable bonds is 3. The minimum Gasteiger partial charge on any atom is -0.375 e. The average Bonchev–Trinajstić information content (AvgIpc) is 2.73. The van der Waals surface area contributed by atoms with Crippen molar-refractivity contribution in [3.05, 3.63) is 0 Å². The van der Waals surface area contributed by atoms with Crippen molar-refractivity contribution in [1.82, 2.24) is 0 Å². The third-order valence-corrected chi connectivity index (χ3v) is 4.17. The van der Waals surface area contributed by atoms with Crippen molar-refractivity contribution in [2.45, 2.75) is 57.3 Å². The predicted octanol–water partition coefficient (Wildman–Crippen LogP) is 2.37. The van der Waals surface area contributed by atoms with Gasteiger partial charge in [-0.3, -0.25) is 0 Å². The van der Waals surface area contributed by atoms with Gasteiger partial charge in [-0.05, 0) is 25.7 Å². The van der Waals surface area contributed by atoms with Gasteiger partial charge in [0.2, 0.25) is 0 Å². The second-order valence-electron chi connectivity index (χ2n) is 4.78. The molecule has 0 aromatic rings. The SMILES string of the molecule is CCC(C)[C@@]1(OC)CC[C@]2(C)O[C@H]12. The van der Waals surface area contributed by atoms with E-state index in [1.807, 2.05) is 7.11 Å². The highest BCUT2D eigenvalue weighted by Crippen LogP contribution is 2.59. The van der Waals surface area contributed by atoms with Crippen LogP contribution in [0.15, 0.2) is 0 Å². The zero-order chi connectivity index (χ0) is 9.69. The Kier molecular flexibility index (Phi) is 1.97. The maximum atomic E-state index is 5.75. The highest BCUT2D eigenvalue weighted by atomic mass is 16.6. The molecule has 0 bridgehead atoms. The summed E-state index contributed by atoms with van der Waals surface area (Å²) in [5.41, 5.74) is 0.170. The summed E-state index contributed by atoms with van der Waals surface area (Å²) >= 11 is 0. The van der Waals surface area contributed by atoms with Crippen LogP contribution in [0.1, 0.15) is 40.0 Å². The molecular formula is C11H20O2. The van der Waals surface area contributed by atoms with Gasteiger partial charge in [0, 0.05) is 7.11 Å². The van der Waals surface area contributed by atoms with Crippen LogP contribution >= 0.6 is 0 Å². The summed E-state index contributed by atoms with van der Waals surface area (Å²) in [4.78, 5) is 0. The van der Waals surface area contributed by atoms with Crippen LogP contribution in [0.25, 0.3) is 0 Å².